The van der Waals surface area contributed by atoms with Gasteiger partial charge in [0.15, 0.2) is 5.69 Å². The van der Waals surface area contributed by atoms with Crippen LogP contribution in [0.1, 0.15) is 41.0 Å². The number of rotatable bonds is 2. The van der Waals surface area contributed by atoms with Crippen LogP contribution in [-0.4, -0.2) is 22.8 Å². The summed E-state index contributed by atoms with van der Waals surface area (Å²) < 4.78 is 4.94. The topological polar surface area (TPSA) is 55.0 Å². The molecular formula is C10H12N2O2. The third-order valence-electron chi connectivity index (χ3n) is 3.13. The molecule has 2 atom stereocenters. The van der Waals surface area contributed by atoms with E-state index in [1.165, 1.54) is 12.1 Å². The second-order valence-corrected chi connectivity index (χ2v) is 3.99. The first-order chi connectivity index (χ1) is 6.81. The summed E-state index contributed by atoms with van der Waals surface area (Å²) in [6, 6.07) is 0. The molecule has 0 saturated heterocycles. The molecule has 0 bridgehead atoms. The van der Waals surface area contributed by atoms with Crippen LogP contribution in [0.25, 0.3) is 0 Å². The molecule has 14 heavy (non-hydrogen) atoms. The van der Waals surface area contributed by atoms with Gasteiger partial charge >= 0.3 is 5.97 Å². The van der Waals surface area contributed by atoms with E-state index in [4.69, 9.17) is 4.74 Å². The van der Waals surface area contributed by atoms with Gasteiger partial charge in [-0.05, 0) is 25.7 Å². The van der Waals surface area contributed by atoms with Crippen molar-refractivity contribution in [3.05, 3.63) is 17.0 Å². The Balaban J connectivity index is 1.93. The molecule has 1 aromatic rings. The summed E-state index contributed by atoms with van der Waals surface area (Å²) in [5, 5.41) is 7.00. The van der Waals surface area contributed by atoms with Crippen molar-refractivity contribution in [2.24, 2.45) is 5.92 Å². The maximum absolute atomic E-state index is 11.5. The quantitative estimate of drug-likeness (QED) is 0.717. The zero-order valence-corrected chi connectivity index (χ0v) is 8.04. The Bertz CT molecular complexity index is 397. The fourth-order valence-corrected chi connectivity index (χ4v) is 2.35. The van der Waals surface area contributed by atoms with Crippen molar-refractivity contribution in [2.45, 2.75) is 25.7 Å². The minimum absolute atomic E-state index is 0.286. The molecule has 0 amide bonds. The average molecular weight is 192 g/mol. The molecule has 1 saturated carbocycles. The van der Waals surface area contributed by atoms with Crippen LogP contribution in [0.3, 0.4) is 0 Å². The van der Waals surface area contributed by atoms with Gasteiger partial charge in [-0.3, -0.25) is 5.10 Å². The first-order valence-electron chi connectivity index (χ1n) is 5.05. The molecular weight excluding hydrogens is 180 g/mol. The number of nitrogens with one attached hydrogen (secondary N) is 1. The summed E-state index contributed by atoms with van der Waals surface area (Å²) in [5.74, 6) is 1.14. The molecule has 0 aliphatic heterocycles. The SMILES string of the molecule is CCOC(=O)c1n[nH]c2c1C[C@@H]1C[C@H]21. The number of hydrogen-bond donors (Lipinski definition) is 1. The summed E-state index contributed by atoms with van der Waals surface area (Å²) in [6.07, 6.45) is 2.27. The summed E-state index contributed by atoms with van der Waals surface area (Å²) in [7, 11) is 0. The molecule has 3 rings (SSSR count). The molecule has 1 N–H and O–H groups in total. The molecule has 0 radical (unpaired) electrons. The van der Waals surface area contributed by atoms with Crippen molar-refractivity contribution in [1.29, 1.82) is 0 Å². The Morgan fingerprint density at radius 1 is 1.71 bits per heavy atom. The van der Waals surface area contributed by atoms with Gasteiger partial charge in [-0.1, -0.05) is 0 Å². The number of aromatic amines is 1. The Labute approximate surface area is 81.6 Å². The van der Waals surface area contributed by atoms with E-state index in [0.29, 0.717) is 18.2 Å². The highest BCUT2D eigenvalue weighted by Gasteiger charge is 2.48. The van der Waals surface area contributed by atoms with Crippen LogP contribution in [0.5, 0.6) is 0 Å². The second kappa shape index (κ2) is 2.59. The Morgan fingerprint density at radius 2 is 2.57 bits per heavy atom. The molecule has 4 nitrogen and oxygen atoms in total. The van der Waals surface area contributed by atoms with Crippen LogP contribution in [-0.2, 0) is 11.2 Å². The number of fused-ring (bicyclic) bond motifs is 3. The van der Waals surface area contributed by atoms with Crippen molar-refractivity contribution in [2.75, 3.05) is 6.61 Å². The van der Waals surface area contributed by atoms with E-state index in [2.05, 4.69) is 10.2 Å². The fraction of sp³-hybridized carbons (Fsp3) is 0.600. The lowest BCUT2D eigenvalue weighted by atomic mass is 10.1. The largest absolute Gasteiger partial charge is 0.461 e. The smallest absolute Gasteiger partial charge is 0.359 e. The Hall–Kier alpha value is -1.32. The molecule has 1 aromatic heterocycles. The van der Waals surface area contributed by atoms with Gasteiger partial charge in [0.1, 0.15) is 0 Å². The zero-order valence-electron chi connectivity index (χ0n) is 8.04. The molecule has 1 heterocycles. The predicted molar refractivity (Wildman–Crippen MR) is 49.1 cm³/mol. The highest BCUT2D eigenvalue weighted by molar-refractivity contribution is 5.89. The van der Waals surface area contributed by atoms with Crippen LogP contribution >= 0.6 is 0 Å². The van der Waals surface area contributed by atoms with Crippen molar-refractivity contribution in [3.63, 3.8) is 0 Å². The van der Waals surface area contributed by atoms with E-state index in [-0.39, 0.29) is 5.97 Å². The minimum atomic E-state index is -0.286. The van der Waals surface area contributed by atoms with Crippen molar-refractivity contribution in [1.82, 2.24) is 10.2 Å². The molecule has 1 fully saturated rings. The maximum Gasteiger partial charge on any atom is 0.359 e. The predicted octanol–water partition coefficient (Wildman–Crippen LogP) is 1.25. The molecule has 0 spiro atoms. The summed E-state index contributed by atoms with van der Waals surface area (Å²) in [4.78, 5) is 11.5. The van der Waals surface area contributed by atoms with Crippen LogP contribution in [0.2, 0.25) is 0 Å². The molecule has 2 aliphatic rings. The van der Waals surface area contributed by atoms with Gasteiger partial charge in [0.2, 0.25) is 0 Å². The van der Waals surface area contributed by atoms with Crippen molar-refractivity contribution >= 4 is 5.97 Å². The number of carbonyl (C=O) groups is 1. The van der Waals surface area contributed by atoms with Crippen LogP contribution in [0, 0.1) is 5.92 Å². The highest BCUT2D eigenvalue weighted by Crippen LogP contribution is 2.55. The van der Waals surface area contributed by atoms with Gasteiger partial charge in [-0.15, -0.1) is 0 Å². The molecule has 0 aromatic carbocycles. The fourth-order valence-electron chi connectivity index (χ4n) is 2.35. The van der Waals surface area contributed by atoms with E-state index in [9.17, 15) is 4.79 Å². The van der Waals surface area contributed by atoms with Crippen molar-refractivity contribution in [3.8, 4) is 0 Å². The van der Waals surface area contributed by atoms with Crippen molar-refractivity contribution < 1.29 is 9.53 Å². The Kier molecular flexibility index (Phi) is 1.48. The lowest BCUT2D eigenvalue weighted by molar-refractivity contribution is 0.0518. The summed E-state index contributed by atoms with van der Waals surface area (Å²) >= 11 is 0. The number of nitrogens with zero attached hydrogens (tertiary/aromatic N) is 1. The number of aromatic nitrogens is 2. The highest BCUT2D eigenvalue weighted by atomic mass is 16.5. The monoisotopic (exact) mass is 192 g/mol. The van der Waals surface area contributed by atoms with E-state index >= 15 is 0 Å². The van der Waals surface area contributed by atoms with Crippen LogP contribution < -0.4 is 0 Å². The van der Waals surface area contributed by atoms with Crippen LogP contribution in [0.15, 0.2) is 0 Å². The van der Waals surface area contributed by atoms with E-state index in [1.807, 2.05) is 6.92 Å². The van der Waals surface area contributed by atoms with Gasteiger partial charge in [0, 0.05) is 17.2 Å². The normalized spacial score (nSPS) is 26.9. The minimum Gasteiger partial charge on any atom is -0.461 e. The third kappa shape index (κ3) is 0.937. The van der Waals surface area contributed by atoms with Gasteiger partial charge in [-0.25, -0.2) is 4.79 Å². The number of carbonyl (C=O) groups excluding carboxylic acids is 1. The number of ether oxygens (including phenoxy) is 1. The van der Waals surface area contributed by atoms with Gasteiger partial charge < -0.3 is 4.74 Å². The van der Waals surface area contributed by atoms with Gasteiger partial charge in [0.25, 0.3) is 0 Å². The maximum atomic E-state index is 11.5. The first kappa shape index (κ1) is 8.03. The van der Waals surface area contributed by atoms with E-state index < -0.39 is 0 Å². The summed E-state index contributed by atoms with van der Waals surface area (Å²) in [5.41, 5.74) is 2.79. The van der Waals surface area contributed by atoms with E-state index in [0.717, 1.165) is 17.9 Å². The molecule has 4 heteroatoms. The molecule has 74 valence electrons. The summed E-state index contributed by atoms with van der Waals surface area (Å²) in [6.45, 7) is 2.22. The lowest BCUT2D eigenvalue weighted by Crippen LogP contribution is -2.08. The number of hydrogen-bond acceptors (Lipinski definition) is 3. The van der Waals surface area contributed by atoms with Gasteiger partial charge in [0.05, 0.1) is 6.61 Å². The Morgan fingerprint density at radius 3 is 3.36 bits per heavy atom. The van der Waals surface area contributed by atoms with Gasteiger partial charge in [-0.2, -0.15) is 5.10 Å². The first-order valence-corrected chi connectivity index (χ1v) is 5.05. The molecule has 0 unspecified atom stereocenters. The number of H-pyrrole nitrogens is 1. The van der Waals surface area contributed by atoms with Crippen LogP contribution in [0.4, 0.5) is 0 Å². The third-order valence-corrected chi connectivity index (χ3v) is 3.13. The molecule has 2 aliphatic carbocycles. The average Bonchev–Trinajstić information content (AvgIpc) is 2.67. The standard InChI is InChI=1S/C10H12N2O2/c1-2-14-10(13)9-7-4-5-3-6(5)8(7)11-12-9/h5-6H,2-4H2,1H3,(H,11,12)/t5-,6-/m0/s1. The zero-order chi connectivity index (χ0) is 9.71. The van der Waals surface area contributed by atoms with E-state index in [1.54, 1.807) is 0 Å². The second-order valence-electron chi connectivity index (χ2n) is 3.99. The lowest BCUT2D eigenvalue weighted by Gasteiger charge is -1.99. The number of esters is 1.